The number of rotatable bonds is 3. The molecule has 0 aliphatic carbocycles. The summed E-state index contributed by atoms with van der Waals surface area (Å²) in [5, 5.41) is 4.87. The summed E-state index contributed by atoms with van der Waals surface area (Å²) >= 11 is 1.46. The monoisotopic (exact) mass is 233 g/mol. The van der Waals surface area contributed by atoms with Gasteiger partial charge in [0.15, 0.2) is 5.13 Å². The largest absolute Gasteiger partial charge is 0.389 e. The number of benzene rings is 1. The zero-order chi connectivity index (χ0) is 11.5. The van der Waals surface area contributed by atoms with Gasteiger partial charge in [-0.25, -0.2) is 4.98 Å². The first-order valence-electron chi connectivity index (χ1n) is 5.24. The van der Waals surface area contributed by atoms with E-state index in [1.54, 1.807) is 6.20 Å². The Morgan fingerprint density at radius 1 is 1.31 bits per heavy atom. The molecule has 0 spiro atoms. The fraction of sp³-hybridized carbons (Fsp3) is 0.250. The Labute approximate surface area is 99.3 Å². The van der Waals surface area contributed by atoms with Gasteiger partial charge >= 0.3 is 0 Å². The Kier molecular flexibility index (Phi) is 3.10. The molecule has 1 heterocycles. The lowest BCUT2D eigenvalue weighted by Crippen LogP contribution is -1.96. The molecule has 0 bridgehead atoms. The summed E-state index contributed by atoms with van der Waals surface area (Å²) in [6, 6.07) is 8.26. The van der Waals surface area contributed by atoms with Crippen LogP contribution in [0.5, 0.6) is 0 Å². The summed E-state index contributed by atoms with van der Waals surface area (Å²) in [5.41, 5.74) is 8.04. The van der Waals surface area contributed by atoms with E-state index in [4.69, 9.17) is 5.73 Å². The molecule has 1 aromatic heterocycles. The maximum Gasteiger partial charge on any atom is 0.189 e. The average Bonchev–Trinajstić information content (AvgIpc) is 2.64. The lowest BCUT2D eigenvalue weighted by Gasteiger charge is -2.12. The summed E-state index contributed by atoms with van der Waals surface area (Å²) < 4.78 is 0. The van der Waals surface area contributed by atoms with Crippen LogP contribution in [0.4, 0.5) is 15.8 Å². The van der Waals surface area contributed by atoms with E-state index >= 15 is 0 Å². The fourth-order valence-electron chi connectivity index (χ4n) is 1.57. The van der Waals surface area contributed by atoms with Crippen molar-refractivity contribution >= 4 is 27.2 Å². The second-order valence-corrected chi connectivity index (χ2v) is 5.00. The molecule has 1 aromatic carbocycles. The molecular weight excluding hydrogens is 218 g/mol. The SMILES string of the molecule is CC(C)c1ccccc1Nc1ncc(N)s1. The minimum Gasteiger partial charge on any atom is -0.389 e. The molecule has 0 unspecified atom stereocenters. The van der Waals surface area contributed by atoms with Crippen LogP contribution in [0.15, 0.2) is 30.5 Å². The van der Waals surface area contributed by atoms with Crippen molar-refractivity contribution in [2.24, 2.45) is 0 Å². The highest BCUT2D eigenvalue weighted by atomic mass is 32.1. The predicted molar refractivity (Wildman–Crippen MR) is 70.3 cm³/mol. The predicted octanol–water partition coefficient (Wildman–Crippen LogP) is 3.59. The van der Waals surface area contributed by atoms with Gasteiger partial charge in [0.25, 0.3) is 0 Å². The summed E-state index contributed by atoms with van der Waals surface area (Å²) in [6.45, 7) is 4.35. The molecule has 3 nitrogen and oxygen atoms in total. The minimum atomic E-state index is 0.487. The molecule has 0 fully saturated rings. The van der Waals surface area contributed by atoms with Crippen molar-refractivity contribution in [2.45, 2.75) is 19.8 Å². The van der Waals surface area contributed by atoms with Crippen molar-refractivity contribution < 1.29 is 0 Å². The van der Waals surface area contributed by atoms with Gasteiger partial charge in [0, 0.05) is 5.69 Å². The molecular formula is C12H15N3S. The van der Waals surface area contributed by atoms with Crippen LogP contribution < -0.4 is 11.1 Å². The minimum absolute atomic E-state index is 0.487. The molecule has 84 valence electrons. The van der Waals surface area contributed by atoms with Gasteiger partial charge in [-0.2, -0.15) is 0 Å². The van der Waals surface area contributed by atoms with E-state index in [0.717, 1.165) is 15.8 Å². The van der Waals surface area contributed by atoms with Crippen LogP contribution in [-0.2, 0) is 0 Å². The summed E-state index contributed by atoms with van der Waals surface area (Å²) in [5.74, 6) is 0.487. The zero-order valence-corrected chi connectivity index (χ0v) is 10.2. The van der Waals surface area contributed by atoms with E-state index in [1.807, 2.05) is 6.07 Å². The van der Waals surface area contributed by atoms with Crippen molar-refractivity contribution in [3.63, 3.8) is 0 Å². The highest BCUT2D eigenvalue weighted by Crippen LogP contribution is 2.29. The Balaban J connectivity index is 2.27. The summed E-state index contributed by atoms with van der Waals surface area (Å²) in [6.07, 6.45) is 1.67. The highest BCUT2D eigenvalue weighted by Gasteiger charge is 2.07. The van der Waals surface area contributed by atoms with E-state index in [1.165, 1.54) is 16.9 Å². The molecule has 0 aliphatic heterocycles. The molecule has 0 aliphatic rings. The highest BCUT2D eigenvalue weighted by molar-refractivity contribution is 7.19. The Bertz CT molecular complexity index is 477. The van der Waals surface area contributed by atoms with Crippen LogP contribution in [0.3, 0.4) is 0 Å². The van der Waals surface area contributed by atoms with Gasteiger partial charge in [-0.15, -0.1) is 0 Å². The zero-order valence-electron chi connectivity index (χ0n) is 9.40. The summed E-state index contributed by atoms with van der Waals surface area (Å²) in [7, 11) is 0. The number of aromatic nitrogens is 1. The number of nitrogens with two attached hydrogens (primary N) is 1. The Hall–Kier alpha value is -1.55. The van der Waals surface area contributed by atoms with Crippen LogP contribution in [0.25, 0.3) is 0 Å². The van der Waals surface area contributed by atoms with Crippen LogP contribution in [0.1, 0.15) is 25.3 Å². The third-order valence-corrected chi connectivity index (χ3v) is 3.09. The molecule has 0 amide bonds. The number of nitrogen functional groups attached to an aromatic ring is 1. The number of nitrogens with zero attached hydrogens (tertiary/aromatic N) is 1. The molecule has 2 rings (SSSR count). The number of para-hydroxylation sites is 1. The standard InChI is InChI=1S/C12H15N3S/c1-8(2)9-5-3-4-6-10(9)15-12-14-7-11(13)16-12/h3-8H,13H2,1-2H3,(H,14,15). The molecule has 0 saturated carbocycles. The van der Waals surface area contributed by atoms with Crippen molar-refractivity contribution in [1.29, 1.82) is 0 Å². The van der Waals surface area contributed by atoms with Gasteiger partial charge in [0.2, 0.25) is 0 Å². The maximum atomic E-state index is 5.65. The molecule has 0 saturated heterocycles. The van der Waals surface area contributed by atoms with Crippen LogP contribution in [0.2, 0.25) is 0 Å². The van der Waals surface area contributed by atoms with Gasteiger partial charge in [-0.05, 0) is 17.5 Å². The number of hydrogen-bond donors (Lipinski definition) is 2. The van der Waals surface area contributed by atoms with Crippen LogP contribution in [-0.4, -0.2) is 4.98 Å². The van der Waals surface area contributed by atoms with E-state index < -0.39 is 0 Å². The smallest absolute Gasteiger partial charge is 0.189 e. The summed E-state index contributed by atoms with van der Waals surface area (Å²) in [4.78, 5) is 4.19. The van der Waals surface area contributed by atoms with Gasteiger partial charge in [0.1, 0.15) is 5.00 Å². The number of hydrogen-bond acceptors (Lipinski definition) is 4. The molecule has 0 atom stereocenters. The van der Waals surface area contributed by atoms with Crippen molar-refractivity contribution in [2.75, 3.05) is 11.1 Å². The topological polar surface area (TPSA) is 50.9 Å². The van der Waals surface area contributed by atoms with E-state index in [-0.39, 0.29) is 0 Å². The lowest BCUT2D eigenvalue weighted by atomic mass is 10.0. The van der Waals surface area contributed by atoms with Gasteiger partial charge in [-0.1, -0.05) is 43.4 Å². The van der Waals surface area contributed by atoms with Crippen LogP contribution in [0, 0.1) is 0 Å². The van der Waals surface area contributed by atoms with Crippen molar-refractivity contribution in [3.05, 3.63) is 36.0 Å². The van der Waals surface area contributed by atoms with Crippen molar-refractivity contribution in [1.82, 2.24) is 4.98 Å². The second kappa shape index (κ2) is 4.53. The molecule has 4 heteroatoms. The quantitative estimate of drug-likeness (QED) is 0.851. The van der Waals surface area contributed by atoms with Gasteiger partial charge in [-0.3, -0.25) is 0 Å². The first-order valence-corrected chi connectivity index (χ1v) is 6.05. The Morgan fingerprint density at radius 2 is 2.06 bits per heavy atom. The fourth-order valence-corrected chi connectivity index (χ4v) is 2.17. The molecule has 2 aromatic rings. The normalized spacial score (nSPS) is 10.7. The van der Waals surface area contributed by atoms with E-state index in [0.29, 0.717) is 5.92 Å². The lowest BCUT2D eigenvalue weighted by molar-refractivity contribution is 0.869. The number of nitrogens with one attached hydrogen (secondary N) is 1. The third-order valence-electron chi connectivity index (χ3n) is 2.35. The Morgan fingerprint density at radius 3 is 2.69 bits per heavy atom. The molecule has 16 heavy (non-hydrogen) atoms. The van der Waals surface area contributed by atoms with Crippen LogP contribution >= 0.6 is 11.3 Å². The van der Waals surface area contributed by atoms with Crippen molar-refractivity contribution in [3.8, 4) is 0 Å². The maximum absolute atomic E-state index is 5.65. The first-order chi connectivity index (χ1) is 7.66. The van der Waals surface area contributed by atoms with Gasteiger partial charge < -0.3 is 11.1 Å². The average molecular weight is 233 g/mol. The van der Waals surface area contributed by atoms with E-state index in [2.05, 4.69) is 42.3 Å². The van der Waals surface area contributed by atoms with E-state index in [9.17, 15) is 0 Å². The third kappa shape index (κ3) is 2.33. The number of thiazole rings is 1. The first kappa shape index (κ1) is 11.0. The molecule has 3 N–H and O–H groups in total. The van der Waals surface area contributed by atoms with Gasteiger partial charge in [0.05, 0.1) is 6.20 Å². The number of anilines is 3. The molecule has 0 radical (unpaired) electrons. The second-order valence-electron chi connectivity index (χ2n) is 3.93.